The van der Waals surface area contributed by atoms with Crippen molar-refractivity contribution in [2.75, 3.05) is 46.8 Å². The normalized spacial score (nSPS) is 19.1. The predicted molar refractivity (Wildman–Crippen MR) is 74.2 cm³/mol. The quantitative estimate of drug-likeness (QED) is 0.747. The van der Waals surface area contributed by atoms with Crippen LogP contribution in [0.1, 0.15) is 12.8 Å². The van der Waals surface area contributed by atoms with Gasteiger partial charge in [0.05, 0.1) is 7.11 Å². The maximum absolute atomic E-state index is 5.79. The molecule has 2 aliphatic rings. The Morgan fingerprint density at radius 2 is 1.65 bits per heavy atom. The van der Waals surface area contributed by atoms with Crippen LogP contribution in [0.5, 0.6) is 17.5 Å². The van der Waals surface area contributed by atoms with Crippen LogP contribution in [-0.4, -0.2) is 61.5 Å². The van der Waals surface area contributed by atoms with E-state index in [1.165, 1.54) is 12.8 Å². The van der Waals surface area contributed by atoms with Crippen LogP contribution in [0.3, 0.4) is 0 Å². The molecule has 110 valence electrons. The van der Waals surface area contributed by atoms with Crippen molar-refractivity contribution in [1.82, 2.24) is 14.8 Å². The lowest BCUT2D eigenvalue weighted by molar-refractivity contribution is 0.0536. The summed E-state index contributed by atoms with van der Waals surface area (Å²) in [5, 5.41) is 0. The molecular formula is C14H21N3O3. The highest BCUT2D eigenvalue weighted by molar-refractivity contribution is 5.36. The minimum Gasteiger partial charge on any atom is -0.481 e. The van der Waals surface area contributed by atoms with Crippen molar-refractivity contribution < 1.29 is 14.2 Å². The molecule has 0 radical (unpaired) electrons. The molecular weight excluding hydrogens is 258 g/mol. The summed E-state index contributed by atoms with van der Waals surface area (Å²) in [5.41, 5.74) is 0. The molecule has 2 fully saturated rings. The molecule has 0 saturated carbocycles. The number of hydrogen-bond donors (Lipinski definition) is 0. The van der Waals surface area contributed by atoms with E-state index in [1.807, 2.05) is 6.07 Å². The fourth-order valence-electron chi connectivity index (χ4n) is 2.07. The van der Waals surface area contributed by atoms with Gasteiger partial charge in [-0.25, -0.2) is 0 Å². The molecule has 0 spiro atoms. The number of aromatic nitrogens is 1. The number of pyridine rings is 1. The maximum Gasteiger partial charge on any atom is 0.261 e. The van der Waals surface area contributed by atoms with E-state index in [4.69, 9.17) is 14.2 Å². The Morgan fingerprint density at radius 3 is 2.20 bits per heavy atom. The van der Waals surface area contributed by atoms with E-state index in [1.54, 1.807) is 13.2 Å². The Hall–Kier alpha value is -1.53. The molecule has 2 saturated heterocycles. The summed E-state index contributed by atoms with van der Waals surface area (Å²) in [6, 6.07) is 3.65. The van der Waals surface area contributed by atoms with E-state index in [0.717, 1.165) is 26.2 Å². The van der Waals surface area contributed by atoms with Crippen molar-refractivity contribution in [1.29, 1.82) is 0 Å². The molecule has 0 atom stereocenters. The van der Waals surface area contributed by atoms with Crippen LogP contribution in [0.2, 0.25) is 0 Å². The van der Waals surface area contributed by atoms with Crippen molar-refractivity contribution in [3.05, 3.63) is 12.1 Å². The molecule has 0 unspecified atom stereocenters. The first-order valence-electron chi connectivity index (χ1n) is 7.10. The molecule has 20 heavy (non-hydrogen) atoms. The Morgan fingerprint density at radius 1 is 1.00 bits per heavy atom. The second-order valence-electron chi connectivity index (χ2n) is 5.15. The fourth-order valence-corrected chi connectivity index (χ4v) is 2.07. The minimum atomic E-state index is 0.511. The molecule has 3 heterocycles. The molecule has 0 bridgehead atoms. The van der Waals surface area contributed by atoms with Crippen molar-refractivity contribution >= 4 is 0 Å². The zero-order valence-corrected chi connectivity index (χ0v) is 11.9. The highest BCUT2D eigenvalue weighted by Gasteiger charge is 2.18. The first kappa shape index (κ1) is 13.5. The standard InChI is InChI=1S/C14H21N3O3/c1-18-13-5-4-12(19-10-16-6-2-7-16)14(15-13)20-11-17-8-3-9-17/h4-5H,2-3,6-11H2,1H3. The lowest BCUT2D eigenvalue weighted by atomic mass is 10.2. The van der Waals surface area contributed by atoms with E-state index in [9.17, 15) is 0 Å². The highest BCUT2D eigenvalue weighted by Crippen LogP contribution is 2.28. The molecule has 1 aromatic heterocycles. The molecule has 0 aromatic carbocycles. The predicted octanol–water partition coefficient (Wildman–Crippen LogP) is 1.17. The summed E-state index contributed by atoms with van der Waals surface area (Å²) >= 11 is 0. The maximum atomic E-state index is 5.79. The van der Waals surface area contributed by atoms with E-state index in [2.05, 4.69) is 14.8 Å². The lowest BCUT2D eigenvalue weighted by Gasteiger charge is -2.31. The average molecular weight is 279 g/mol. The van der Waals surface area contributed by atoms with E-state index < -0.39 is 0 Å². The number of rotatable bonds is 7. The average Bonchev–Trinajstić information content (AvgIpc) is 2.36. The van der Waals surface area contributed by atoms with Crippen LogP contribution >= 0.6 is 0 Å². The smallest absolute Gasteiger partial charge is 0.261 e. The third kappa shape index (κ3) is 3.13. The third-order valence-electron chi connectivity index (χ3n) is 3.69. The van der Waals surface area contributed by atoms with Gasteiger partial charge in [-0.05, 0) is 18.9 Å². The second-order valence-corrected chi connectivity index (χ2v) is 5.15. The summed E-state index contributed by atoms with van der Waals surface area (Å²) in [7, 11) is 1.60. The van der Waals surface area contributed by atoms with Gasteiger partial charge in [-0.2, -0.15) is 4.98 Å². The van der Waals surface area contributed by atoms with Gasteiger partial charge in [-0.1, -0.05) is 0 Å². The van der Waals surface area contributed by atoms with Crippen LogP contribution < -0.4 is 14.2 Å². The molecule has 0 aliphatic carbocycles. The lowest BCUT2D eigenvalue weighted by Crippen LogP contribution is -2.40. The Labute approximate surface area is 119 Å². The van der Waals surface area contributed by atoms with Crippen molar-refractivity contribution in [2.24, 2.45) is 0 Å². The molecule has 0 amide bonds. The van der Waals surface area contributed by atoms with Crippen LogP contribution in [0.25, 0.3) is 0 Å². The van der Waals surface area contributed by atoms with Crippen LogP contribution in [-0.2, 0) is 0 Å². The molecule has 6 nitrogen and oxygen atoms in total. The van der Waals surface area contributed by atoms with E-state index >= 15 is 0 Å². The molecule has 3 rings (SSSR count). The Bertz CT molecular complexity index is 447. The summed E-state index contributed by atoms with van der Waals surface area (Å²) in [6.07, 6.45) is 2.50. The van der Waals surface area contributed by atoms with Gasteiger partial charge in [0.25, 0.3) is 5.88 Å². The van der Waals surface area contributed by atoms with Crippen molar-refractivity contribution in [2.45, 2.75) is 12.8 Å². The zero-order valence-electron chi connectivity index (χ0n) is 11.9. The van der Waals surface area contributed by atoms with Gasteiger partial charge in [0.15, 0.2) is 5.75 Å². The van der Waals surface area contributed by atoms with Gasteiger partial charge in [-0.15, -0.1) is 0 Å². The van der Waals surface area contributed by atoms with Gasteiger partial charge in [0, 0.05) is 32.2 Å². The SMILES string of the molecule is COc1ccc(OCN2CCC2)c(OCN2CCC2)n1. The largest absolute Gasteiger partial charge is 0.481 e. The molecule has 0 N–H and O–H groups in total. The first-order chi connectivity index (χ1) is 9.85. The monoisotopic (exact) mass is 279 g/mol. The number of likely N-dealkylation sites (tertiary alicyclic amines) is 2. The van der Waals surface area contributed by atoms with Crippen LogP contribution in [0, 0.1) is 0 Å². The van der Waals surface area contributed by atoms with Gasteiger partial charge in [0.2, 0.25) is 5.88 Å². The number of hydrogen-bond acceptors (Lipinski definition) is 6. The Kier molecular flexibility index (Phi) is 4.22. The van der Waals surface area contributed by atoms with Gasteiger partial charge < -0.3 is 14.2 Å². The highest BCUT2D eigenvalue weighted by atomic mass is 16.5. The molecule has 1 aromatic rings. The summed E-state index contributed by atoms with van der Waals surface area (Å²) in [6.45, 7) is 5.54. The molecule has 6 heteroatoms. The topological polar surface area (TPSA) is 47.1 Å². The van der Waals surface area contributed by atoms with Gasteiger partial charge in [-0.3, -0.25) is 9.80 Å². The summed E-state index contributed by atoms with van der Waals surface area (Å²) in [4.78, 5) is 8.79. The minimum absolute atomic E-state index is 0.511. The third-order valence-corrected chi connectivity index (χ3v) is 3.69. The van der Waals surface area contributed by atoms with Crippen LogP contribution in [0.15, 0.2) is 12.1 Å². The first-order valence-corrected chi connectivity index (χ1v) is 7.10. The van der Waals surface area contributed by atoms with E-state index in [0.29, 0.717) is 31.0 Å². The van der Waals surface area contributed by atoms with Gasteiger partial charge in [0.1, 0.15) is 13.5 Å². The van der Waals surface area contributed by atoms with Crippen LogP contribution in [0.4, 0.5) is 0 Å². The molecule has 2 aliphatic heterocycles. The van der Waals surface area contributed by atoms with Crippen molar-refractivity contribution in [3.8, 4) is 17.5 Å². The second kappa shape index (κ2) is 6.28. The Balaban J connectivity index is 1.62. The summed E-state index contributed by atoms with van der Waals surface area (Å²) in [5.74, 6) is 1.73. The zero-order chi connectivity index (χ0) is 13.8. The number of ether oxygens (including phenoxy) is 3. The summed E-state index contributed by atoms with van der Waals surface area (Å²) < 4.78 is 16.7. The number of nitrogens with zero attached hydrogens (tertiary/aromatic N) is 3. The van der Waals surface area contributed by atoms with Gasteiger partial charge >= 0.3 is 0 Å². The number of methoxy groups -OCH3 is 1. The van der Waals surface area contributed by atoms with Crippen molar-refractivity contribution in [3.63, 3.8) is 0 Å². The van der Waals surface area contributed by atoms with E-state index in [-0.39, 0.29) is 0 Å². The fraction of sp³-hybridized carbons (Fsp3) is 0.643.